The summed E-state index contributed by atoms with van der Waals surface area (Å²) >= 11 is 11.2. The van der Waals surface area contributed by atoms with Crippen molar-refractivity contribution in [3.05, 3.63) is 19.2 Å². The monoisotopic (exact) mass is 350 g/mol. The van der Waals surface area contributed by atoms with Gasteiger partial charge in [0.15, 0.2) is 0 Å². The van der Waals surface area contributed by atoms with Crippen molar-refractivity contribution in [1.29, 1.82) is 0 Å². The van der Waals surface area contributed by atoms with Crippen molar-refractivity contribution in [2.24, 2.45) is 5.92 Å². The Morgan fingerprint density at radius 1 is 1.44 bits per heavy atom. The molecule has 0 bridgehead atoms. The molecule has 18 heavy (non-hydrogen) atoms. The minimum absolute atomic E-state index is 0.347. The summed E-state index contributed by atoms with van der Waals surface area (Å²) in [5.41, 5.74) is 1.08. The zero-order chi connectivity index (χ0) is 13.1. The summed E-state index contributed by atoms with van der Waals surface area (Å²) in [5, 5.41) is 0.573. The Kier molecular flexibility index (Phi) is 5.10. The van der Waals surface area contributed by atoms with Crippen LogP contribution in [-0.2, 0) is 11.2 Å². The highest BCUT2D eigenvalue weighted by Gasteiger charge is 2.24. The Morgan fingerprint density at radius 2 is 2.11 bits per heavy atom. The van der Waals surface area contributed by atoms with E-state index in [1.165, 1.54) is 50.6 Å². The van der Waals surface area contributed by atoms with E-state index in [0.717, 1.165) is 15.8 Å². The van der Waals surface area contributed by atoms with Crippen LogP contribution in [0.5, 0.6) is 0 Å². The lowest BCUT2D eigenvalue weighted by atomic mass is 9.85. The third-order valence-electron chi connectivity index (χ3n) is 3.48. The molecule has 2 rings (SSSR count). The molecule has 1 aromatic heterocycles. The van der Waals surface area contributed by atoms with Gasteiger partial charge in [-0.1, -0.05) is 43.7 Å². The lowest BCUT2D eigenvalue weighted by molar-refractivity contribution is 0.0606. The number of carbonyl (C=O) groups excluding carboxylic acids is 1. The minimum Gasteiger partial charge on any atom is -0.465 e. The zero-order valence-electron chi connectivity index (χ0n) is 10.3. The average molecular weight is 352 g/mol. The van der Waals surface area contributed by atoms with Crippen LogP contribution in [0.25, 0.3) is 0 Å². The molecule has 0 spiro atoms. The molecule has 0 N–H and O–H groups in total. The van der Waals surface area contributed by atoms with Crippen LogP contribution in [0, 0.1) is 5.92 Å². The third-order valence-corrected chi connectivity index (χ3v) is 5.98. The van der Waals surface area contributed by atoms with Crippen LogP contribution in [0.15, 0.2) is 3.79 Å². The maximum Gasteiger partial charge on any atom is 0.349 e. The Hall–Kier alpha value is -0.0600. The predicted octanol–water partition coefficient (Wildman–Crippen LogP) is 5.07. The standard InChI is InChI=1S/C13H16BrClO2S/c1-17-13(16)11-10(15)9(12(14)18-11)7-8-5-3-2-4-6-8/h8H,2-7H2,1H3. The third kappa shape index (κ3) is 3.09. The molecule has 1 aliphatic rings. The molecule has 0 atom stereocenters. The van der Waals surface area contributed by atoms with Crippen LogP contribution in [-0.4, -0.2) is 13.1 Å². The van der Waals surface area contributed by atoms with Gasteiger partial charge in [-0.15, -0.1) is 11.3 Å². The quantitative estimate of drug-likeness (QED) is 0.710. The van der Waals surface area contributed by atoms with E-state index in [4.69, 9.17) is 16.3 Å². The smallest absolute Gasteiger partial charge is 0.349 e. The van der Waals surface area contributed by atoms with Gasteiger partial charge in [-0.2, -0.15) is 0 Å². The van der Waals surface area contributed by atoms with Crippen LogP contribution in [0.2, 0.25) is 5.02 Å². The second-order valence-corrected chi connectivity index (χ2v) is 7.41. The minimum atomic E-state index is -0.347. The van der Waals surface area contributed by atoms with Crippen molar-refractivity contribution in [2.75, 3.05) is 7.11 Å². The fourth-order valence-electron chi connectivity index (χ4n) is 2.49. The van der Waals surface area contributed by atoms with Gasteiger partial charge in [0.05, 0.1) is 15.9 Å². The molecule has 1 fully saturated rings. The van der Waals surface area contributed by atoms with E-state index in [1.54, 1.807) is 0 Å². The number of esters is 1. The molecule has 100 valence electrons. The highest BCUT2D eigenvalue weighted by atomic mass is 79.9. The summed E-state index contributed by atoms with van der Waals surface area (Å²) < 4.78 is 5.71. The lowest BCUT2D eigenvalue weighted by Crippen LogP contribution is -2.09. The molecule has 1 heterocycles. The highest BCUT2D eigenvalue weighted by molar-refractivity contribution is 9.11. The van der Waals surface area contributed by atoms with E-state index < -0.39 is 0 Å². The van der Waals surface area contributed by atoms with E-state index in [-0.39, 0.29) is 5.97 Å². The van der Waals surface area contributed by atoms with Crippen LogP contribution >= 0.6 is 38.9 Å². The second kappa shape index (κ2) is 6.40. The van der Waals surface area contributed by atoms with Gasteiger partial charge in [-0.05, 0) is 33.8 Å². The van der Waals surface area contributed by atoms with Gasteiger partial charge in [0.1, 0.15) is 4.88 Å². The number of ether oxygens (including phenoxy) is 1. The molecule has 0 radical (unpaired) electrons. The van der Waals surface area contributed by atoms with E-state index in [9.17, 15) is 4.79 Å². The Labute approximate surface area is 125 Å². The van der Waals surface area contributed by atoms with Crippen molar-refractivity contribution in [2.45, 2.75) is 38.5 Å². The van der Waals surface area contributed by atoms with Gasteiger partial charge < -0.3 is 4.74 Å². The first-order chi connectivity index (χ1) is 8.63. The number of halogens is 2. The fraction of sp³-hybridized carbons (Fsp3) is 0.615. The van der Waals surface area contributed by atoms with Crippen LogP contribution in [0.3, 0.4) is 0 Å². The first kappa shape index (κ1) is 14.4. The van der Waals surface area contributed by atoms with Crippen LogP contribution in [0.4, 0.5) is 0 Å². The largest absolute Gasteiger partial charge is 0.465 e. The Balaban J connectivity index is 2.17. The van der Waals surface area contributed by atoms with E-state index in [0.29, 0.717) is 15.8 Å². The van der Waals surface area contributed by atoms with Gasteiger partial charge >= 0.3 is 5.97 Å². The zero-order valence-corrected chi connectivity index (χ0v) is 13.5. The van der Waals surface area contributed by atoms with E-state index >= 15 is 0 Å². The molecule has 1 saturated carbocycles. The summed E-state index contributed by atoms with van der Waals surface area (Å²) in [6, 6.07) is 0. The number of thiophene rings is 1. The molecular formula is C13H16BrClO2S. The molecule has 0 unspecified atom stereocenters. The molecule has 0 amide bonds. The highest BCUT2D eigenvalue weighted by Crippen LogP contribution is 2.40. The van der Waals surface area contributed by atoms with Gasteiger partial charge in [0.25, 0.3) is 0 Å². The Morgan fingerprint density at radius 3 is 2.72 bits per heavy atom. The average Bonchev–Trinajstić information content (AvgIpc) is 2.67. The number of hydrogen-bond donors (Lipinski definition) is 0. The van der Waals surface area contributed by atoms with Crippen molar-refractivity contribution in [1.82, 2.24) is 0 Å². The molecule has 5 heteroatoms. The van der Waals surface area contributed by atoms with Crippen LogP contribution in [0.1, 0.15) is 47.3 Å². The summed E-state index contributed by atoms with van der Waals surface area (Å²) in [6.07, 6.45) is 7.48. The van der Waals surface area contributed by atoms with Gasteiger partial charge in [0, 0.05) is 0 Å². The van der Waals surface area contributed by atoms with Gasteiger partial charge in [-0.3, -0.25) is 0 Å². The van der Waals surface area contributed by atoms with Crippen molar-refractivity contribution < 1.29 is 9.53 Å². The fourth-order valence-corrected chi connectivity index (χ4v) is 4.74. The maximum absolute atomic E-state index is 11.6. The summed E-state index contributed by atoms with van der Waals surface area (Å²) in [4.78, 5) is 12.1. The summed E-state index contributed by atoms with van der Waals surface area (Å²) in [6.45, 7) is 0. The second-order valence-electron chi connectivity index (χ2n) is 4.70. The van der Waals surface area contributed by atoms with Crippen molar-refractivity contribution in [3.63, 3.8) is 0 Å². The van der Waals surface area contributed by atoms with E-state index in [1.807, 2.05) is 0 Å². The molecular weight excluding hydrogens is 336 g/mol. The lowest BCUT2D eigenvalue weighted by Gasteiger charge is -2.21. The molecule has 1 aromatic rings. The Bertz CT molecular complexity index is 438. The maximum atomic E-state index is 11.6. The number of hydrogen-bond acceptors (Lipinski definition) is 3. The summed E-state index contributed by atoms with van der Waals surface area (Å²) in [5.74, 6) is 0.355. The molecule has 0 aromatic carbocycles. The predicted molar refractivity (Wildman–Crippen MR) is 78.6 cm³/mol. The summed E-state index contributed by atoms with van der Waals surface area (Å²) in [7, 11) is 1.38. The number of methoxy groups -OCH3 is 1. The molecule has 0 saturated heterocycles. The molecule has 0 aliphatic heterocycles. The first-order valence-corrected chi connectivity index (χ1v) is 8.17. The van der Waals surface area contributed by atoms with Crippen molar-refractivity contribution in [3.8, 4) is 0 Å². The molecule has 1 aliphatic carbocycles. The number of carbonyl (C=O) groups is 1. The van der Waals surface area contributed by atoms with Gasteiger partial charge in [-0.25, -0.2) is 4.79 Å². The normalized spacial score (nSPS) is 16.8. The van der Waals surface area contributed by atoms with Crippen molar-refractivity contribution >= 4 is 44.8 Å². The van der Waals surface area contributed by atoms with Crippen LogP contribution < -0.4 is 0 Å². The van der Waals surface area contributed by atoms with E-state index in [2.05, 4.69) is 15.9 Å². The van der Waals surface area contributed by atoms with Gasteiger partial charge in [0.2, 0.25) is 0 Å². The molecule has 2 nitrogen and oxygen atoms in total. The topological polar surface area (TPSA) is 26.3 Å². The number of rotatable bonds is 3. The first-order valence-electron chi connectivity index (χ1n) is 6.18. The SMILES string of the molecule is COC(=O)c1sc(Br)c(CC2CCCCC2)c1Cl.